The van der Waals surface area contributed by atoms with Crippen molar-refractivity contribution in [1.82, 2.24) is 25.4 Å². The van der Waals surface area contributed by atoms with Gasteiger partial charge >= 0.3 is 0 Å². The first-order valence-electron chi connectivity index (χ1n) is 10.8. The van der Waals surface area contributed by atoms with E-state index in [1.54, 1.807) is 7.11 Å². The Labute approximate surface area is 167 Å². The molecule has 0 bridgehead atoms. The maximum atomic E-state index is 5.99. The van der Waals surface area contributed by atoms with Gasteiger partial charge in [0.25, 0.3) is 0 Å². The Kier molecular flexibility index (Phi) is 5.87. The summed E-state index contributed by atoms with van der Waals surface area (Å²) in [5, 5.41) is 11.9. The van der Waals surface area contributed by atoms with Crippen LogP contribution < -0.4 is 10.6 Å². The zero-order valence-electron chi connectivity index (χ0n) is 17.4. The van der Waals surface area contributed by atoms with E-state index in [1.165, 1.54) is 19.3 Å². The molecule has 156 valence electrons. The molecule has 0 radical (unpaired) electrons. The Bertz CT molecular complexity index is 699. The number of nitrogens with one attached hydrogen (secondary N) is 2. The third-order valence-corrected chi connectivity index (χ3v) is 6.58. The normalized spacial score (nSPS) is 28.4. The predicted molar refractivity (Wildman–Crippen MR) is 107 cm³/mol. The van der Waals surface area contributed by atoms with Crippen molar-refractivity contribution in [3.8, 4) is 0 Å². The molecule has 1 aliphatic heterocycles. The number of aryl methyl sites for hydroxylation is 1. The first-order chi connectivity index (χ1) is 13.7. The molecule has 2 heterocycles. The van der Waals surface area contributed by atoms with E-state index in [9.17, 15) is 0 Å². The smallest absolute Gasteiger partial charge is 0.191 e. The lowest BCUT2D eigenvalue weighted by Gasteiger charge is -2.61. The summed E-state index contributed by atoms with van der Waals surface area (Å²) in [5.74, 6) is 2.75. The van der Waals surface area contributed by atoms with Gasteiger partial charge in [-0.15, -0.1) is 0 Å². The van der Waals surface area contributed by atoms with Crippen molar-refractivity contribution in [2.45, 2.75) is 83.7 Å². The molecule has 3 atom stereocenters. The van der Waals surface area contributed by atoms with Gasteiger partial charge in [0.05, 0.1) is 12.6 Å². The fourth-order valence-electron chi connectivity index (χ4n) is 4.96. The minimum absolute atomic E-state index is 0.308. The molecular weight excluding hydrogens is 356 g/mol. The number of guanidine groups is 1. The zero-order valence-corrected chi connectivity index (χ0v) is 17.4. The minimum atomic E-state index is 0.308. The van der Waals surface area contributed by atoms with E-state index in [2.05, 4.69) is 34.6 Å². The highest BCUT2D eigenvalue weighted by atomic mass is 16.5. The van der Waals surface area contributed by atoms with E-state index in [0.717, 1.165) is 56.6 Å². The summed E-state index contributed by atoms with van der Waals surface area (Å²) in [4.78, 5) is 9.28. The highest BCUT2D eigenvalue weighted by molar-refractivity contribution is 5.80. The van der Waals surface area contributed by atoms with Crippen LogP contribution in [0.15, 0.2) is 4.99 Å². The standard InChI is InChI=1S/C20H34N6O2/c1-4-21-19(23-15-11-16(28-5-2)20(15)9-6-10-20)22-14-7-8-18-24-17(13-27-3)25-26(18)12-14/h14-16H,4-13H2,1-3H3,(H2,21,22,23). The van der Waals surface area contributed by atoms with E-state index in [-0.39, 0.29) is 0 Å². The summed E-state index contributed by atoms with van der Waals surface area (Å²) in [7, 11) is 1.68. The molecule has 0 aromatic carbocycles. The molecule has 2 saturated carbocycles. The number of hydrogen-bond donors (Lipinski definition) is 2. The summed E-state index contributed by atoms with van der Waals surface area (Å²) in [5.41, 5.74) is 0.326. The Morgan fingerprint density at radius 1 is 1.32 bits per heavy atom. The highest BCUT2D eigenvalue weighted by Crippen LogP contribution is 2.57. The van der Waals surface area contributed by atoms with Gasteiger partial charge in [-0.05, 0) is 39.5 Å². The van der Waals surface area contributed by atoms with Crippen LogP contribution in [0.5, 0.6) is 0 Å². The quantitative estimate of drug-likeness (QED) is 0.544. The van der Waals surface area contributed by atoms with Crippen molar-refractivity contribution in [2.24, 2.45) is 10.4 Å². The van der Waals surface area contributed by atoms with Crippen LogP contribution in [-0.4, -0.2) is 59.2 Å². The molecule has 0 amide bonds. The number of fused-ring (bicyclic) bond motifs is 1. The van der Waals surface area contributed by atoms with Gasteiger partial charge in [0.15, 0.2) is 11.8 Å². The van der Waals surface area contributed by atoms with Crippen molar-refractivity contribution < 1.29 is 9.47 Å². The molecule has 4 rings (SSSR count). The third kappa shape index (κ3) is 3.64. The van der Waals surface area contributed by atoms with Crippen LogP contribution in [0.25, 0.3) is 0 Å². The molecule has 0 saturated heterocycles. The Morgan fingerprint density at radius 3 is 2.86 bits per heavy atom. The molecule has 28 heavy (non-hydrogen) atoms. The van der Waals surface area contributed by atoms with Crippen molar-refractivity contribution in [2.75, 3.05) is 20.3 Å². The number of aromatic nitrogens is 3. The minimum Gasteiger partial charge on any atom is -0.378 e. The van der Waals surface area contributed by atoms with Crippen molar-refractivity contribution >= 4 is 5.96 Å². The second-order valence-electron chi connectivity index (χ2n) is 8.23. The summed E-state index contributed by atoms with van der Waals surface area (Å²) in [6, 6.07) is 0.775. The Morgan fingerprint density at radius 2 is 2.18 bits per heavy atom. The molecule has 1 spiro atoms. The van der Waals surface area contributed by atoms with Crippen molar-refractivity contribution in [3.05, 3.63) is 11.6 Å². The largest absolute Gasteiger partial charge is 0.378 e. The fourth-order valence-corrected chi connectivity index (χ4v) is 4.96. The van der Waals surface area contributed by atoms with Gasteiger partial charge in [-0.3, -0.25) is 4.99 Å². The molecule has 2 N–H and O–H groups in total. The molecule has 2 aliphatic carbocycles. The van der Waals surface area contributed by atoms with Crippen LogP contribution in [0.1, 0.15) is 57.6 Å². The van der Waals surface area contributed by atoms with E-state index in [1.807, 2.05) is 4.68 Å². The van der Waals surface area contributed by atoms with Crippen LogP contribution in [0.3, 0.4) is 0 Å². The van der Waals surface area contributed by atoms with Crippen LogP contribution in [0.4, 0.5) is 0 Å². The number of hydrogen-bond acceptors (Lipinski definition) is 5. The van der Waals surface area contributed by atoms with Gasteiger partial charge in [0, 0.05) is 44.2 Å². The van der Waals surface area contributed by atoms with Gasteiger partial charge in [0.2, 0.25) is 0 Å². The average Bonchev–Trinajstić information content (AvgIpc) is 3.01. The van der Waals surface area contributed by atoms with E-state index in [4.69, 9.17) is 14.5 Å². The maximum absolute atomic E-state index is 5.99. The molecule has 3 aliphatic rings. The van der Waals surface area contributed by atoms with Gasteiger partial charge in [-0.1, -0.05) is 6.42 Å². The summed E-state index contributed by atoms with van der Waals surface area (Å²) in [6.07, 6.45) is 7.30. The molecule has 8 heteroatoms. The molecule has 2 fully saturated rings. The van der Waals surface area contributed by atoms with Gasteiger partial charge in [0.1, 0.15) is 12.4 Å². The summed E-state index contributed by atoms with van der Waals surface area (Å²) in [6.45, 7) is 7.03. The molecule has 8 nitrogen and oxygen atoms in total. The SMILES string of the molecule is CCN=C(NC1CCc2nc(COC)nn2C1)NC1CC(OCC)C12CCC2. The number of methoxy groups -OCH3 is 1. The fraction of sp³-hybridized carbons (Fsp3) is 0.850. The number of rotatable bonds is 7. The van der Waals surface area contributed by atoms with Crippen molar-refractivity contribution in [3.63, 3.8) is 0 Å². The first-order valence-corrected chi connectivity index (χ1v) is 10.8. The van der Waals surface area contributed by atoms with E-state index < -0.39 is 0 Å². The lowest BCUT2D eigenvalue weighted by molar-refractivity contribution is -0.168. The lowest BCUT2D eigenvalue weighted by Crippen LogP contribution is -2.69. The lowest BCUT2D eigenvalue weighted by atomic mass is 9.51. The Hall–Kier alpha value is -1.67. The number of nitrogens with zero attached hydrogens (tertiary/aromatic N) is 4. The number of aliphatic imine (C=N–C) groups is 1. The Balaban J connectivity index is 1.36. The van der Waals surface area contributed by atoms with Crippen LogP contribution in [0.2, 0.25) is 0 Å². The molecule has 3 unspecified atom stereocenters. The molecule has 1 aromatic heterocycles. The van der Waals surface area contributed by atoms with E-state index >= 15 is 0 Å². The van der Waals surface area contributed by atoms with Crippen LogP contribution in [0, 0.1) is 5.41 Å². The maximum Gasteiger partial charge on any atom is 0.191 e. The third-order valence-electron chi connectivity index (χ3n) is 6.58. The molecular formula is C20H34N6O2. The van der Waals surface area contributed by atoms with Crippen LogP contribution in [-0.2, 0) is 29.0 Å². The van der Waals surface area contributed by atoms with E-state index in [0.29, 0.717) is 30.2 Å². The second-order valence-corrected chi connectivity index (χ2v) is 8.23. The summed E-state index contributed by atoms with van der Waals surface area (Å²) < 4.78 is 13.2. The number of ether oxygens (including phenoxy) is 2. The summed E-state index contributed by atoms with van der Waals surface area (Å²) >= 11 is 0. The average molecular weight is 391 g/mol. The first kappa shape index (κ1) is 19.6. The van der Waals surface area contributed by atoms with Crippen LogP contribution >= 0.6 is 0 Å². The van der Waals surface area contributed by atoms with Gasteiger partial charge < -0.3 is 20.1 Å². The monoisotopic (exact) mass is 390 g/mol. The highest BCUT2D eigenvalue weighted by Gasteiger charge is 2.59. The zero-order chi connectivity index (χ0) is 19.6. The topological polar surface area (TPSA) is 85.6 Å². The molecule has 1 aromatic rings. The predicted octanol–water partition coefficient (Wildman–Crippen LogP) is 1.64. The van der Waals surface area contributed by atoms with Crippen molar-refractivity contribution in [1.29, 1.82) is 0 Å². The van der Waals surface area contributed by atoms with Gasteiger partial charge in [-0.25, -0.2) is 9.67 Å². The van der Waals surface area contributed by atoms with Gasteiger partial charge in [-0.2, -0.15) is 5.10 Å². The second kappa shape index (κ2) is 8.37.